The van der Waals surface area contributed by atoms with Gasteiger partial charge in [0.1, 0.15) is 6.54 Å². The first kappa shape index (κ1) is 15.7. The van der Waals surface area contributed by atoms with E-state index in [1.807, 2.05) is 0 Å². The lowest BCUT2D eigenvalue weighted by atomic mass is 10.1. The summed E-state index contributed by atoms with van der Waals surface area (Å²) in [6.07, 6.45) is -4.50. The molecule has 2 rings (SSSR count). The van der Waals surface area contributed by atoms with Crippen molar-refractivity contribution in [3.8, 4) is 0 Å². The summed E-state index contributed by atoms with van der Waals surface area (Å²) in [5, 5.41) is 9.19. The van der Waals surface area contributed by atoms with Gasteiger partial charge in [0.05, 0.1) is 5.56 Å². The predicted octanol–water partition coefficient (Wildman–Crippen LogP) is 0.312. The van der Waals surface area contributed by atoms with Crippen LogP contribution in [0.15, 0.2) is 29.1 Å². The summed E-state index contributed by atoms with van der Waals surface area (Å²) >= 11 is 0. The molecule has 1 heterocycles. The van der Waals surface area contributed by atoms with Crippen LogP contribution in [0.2, 0.25) is 0 Å². The number of amides is 1. The van der Waals surface area contributed by atoms with E-state index in [1.165, 1.54) is 25.2 Å². The minimum Gasteiger partial charge on any atom is -0.350 e. The number of hydrogen-bond acceptors (Lipinski definition) is 4. The number of rotatable bonds is 4. The molecule has 0 saturated carbocycles. The predicted molar refractivity (Wildman–Crippen MR) is 68.6 cm³/mol. The van der Waals surface area contributed by atoms with Crippen LogP contribution < -0.4 is 11.0 Å². The van der Waals surface area contributed by atoms with Gasteiger partial charge >= 0.3 is 11.9 Å². The van der Waals surface area contributed by atoms with Gasteiger partial charge in [-0.05, 0) is 22.1 Å². The Bertz CT molecular complexity index is 735. The van der Waals surface area contributed by atoms with Gasteiger partial charge < -0.3 is 5.32 Å². The molecule has 1 amide bonds. The van der Waals surface area contributed by atoms with Crippen LogP contribution in [0.3, 0.4) is 0 Å². The van der Waals surface area contributed by atoms with Crippen molar-refractivity contribution in [2.24, 2.45) is 7.05 Å². The number of aromatic nitrogens is 4. The molecule has 0 radical (unpaired) electrons. The number of nitrogens with one attached hydrogen (secondary N) is 1. The van der Waals surface area contributed by atoms with Crippen LogP contribution in [0.5, 0.6) is 0 Å². The number of carbonyl (C=O) groups excluding carboxylic acids is 1. The number of alkyl halides is 3. The van der Waals surface area contributed by atoms with Gasteiger partial charge in [-0.3, -0.25) is 4.79 Å². The molecule has 1 N–H and O–H groups in total. The van der Waals surface area contributed by atoms with Gasteiger partial charge in [-0.15, -0.1) is 0 Å². The topological polar surface area (TPSA) is 81.8 Å². The molecule has 118 valence electrons. The summed E-state index contributed by atoms with van der Waals surface area (Å²) < 4.78 is 40.1. The Labute approximate surface area is 122 Å². The van der Waals surface area contributed by atoms with Gasteiger partial charge in [0.15, 0.2) is 0 Å². The highest BCUT2D eigenvalue weighted by Crippen LogP contribution is 2.31. The molecule has 0 aliphatic rings. The maximum Gasteiger partial charge on any atom is 0.416 e. The van der Waals surface area contributed by atoms with Crippen LogP contribution in [-0.2, 0) is 31.1 Å². The molecule has 2 aromatic rings. The highest BCUT2D eigenvalue weighted by atomic mass is 19.4. The minimum atomic E-state index is -4.50. The molecule has 0 unspecified atom stereocenters. The van der Waals surface area contributed by atoms with E-state index in [4.69, 9.17) is 0 Å². The number of benzene rings is 1. The molecular formula is C12H12F3N5O2. The van der Waals surface area contributed by atoms with E-state index in [-0.39, 0.29) is 12.1 Å². The van der Waals surface area contributed by atoms with Crippen molar-refractivity contribution in [2.45, 2.75) is 19.3 Å². The summed E-state index contributed by atoms with van der Waals surface area (Å²) in [6, 6.07) is 4.93. The largest absolute Gasteiger partial charge is 0.416 e. The smallest absolute Gasteiger partial charge is 0.350 e. The van der Waals surface area contributed by atoms with E-state index in [1.54, 1.807) is 0 Å². The Morgan fingerprint density at radius 1 is 1.27 bits per heavy atom. The molecule has 1 aromatic carbocycles. The van der Waals surface area contributed by atoms with Crippen molar-refractivity contribution >= 4 is 5.91 Å². The molecule has 10 heteroatoms. The van der Waals surface area contributed by atoms with Gasteiger partial charge in [0.25, 0.3) is 0 Å². The fourth-order valence-electron chi connectivity index (χ4n) is 1.79. The molecule has 0 fully saturated rings. The number of aryl methyl sites for hydroxylation is 1. The zero-order valence-electron chi connectivity index (χ0n) is 11.5. The van der Waals surface area contributed by atoms with Crippen LogP contribution in [-0.4, -0.2) is 25.7 Å². The zero-order valence-corrected chi connectivity index (χ0v) is 11.5. The molecule has 0 aliphatic heterocycles. The monoisotopic (exact) mass is 315 g/mol. The lowest BCUT2D eigenvalue weighted by Crippen LogP contribution is -2.33. The summed E-state index contributed by atoms with van der Waals surface area (Å²) in [5.41, 5.74) is -1.47. The van der Waals surface area contributed by atoms with Crippen molar-refractivity contribution in [2.75, 3.05) is 0 Å². The van der Waals surface area contributed by atoms with Crippen molar-refractivity contribution in [3.63, 3.8) is 0 Å². The van der Waals surface area contributed by atoms with E-state index >= 15 is 0 Å². The Kier molecular flexibility index (Phi) is 4.29. The number of nitrogens with zero attached hydrogens (tertiary/aromatic N) is 4. The summed E-state index contributed by atoms with van der Waals surface area (Å²) in [4.78, 5) is 23.1. The van der Waals surface area contributed by atoms with E-state index in [0.717, 1.165) is 15.4 Å². The summed E-state index contributed by atoms with van der Waals surface area (Å²) in [7, 11) is 1.36. The van der Waals surface area contributed by atoms with E-state index < -0.39 is 29.9 Å². The van der Waals surface area contributed by atoms with E-state index in [9.17, 15) is 22.8 Å². The van der Waals surface area contributed by atoms with Crippen LogP contribution in [0.4, 0.5) is 13.2 Å². The van der Waals surface area contributed by atoms with Gasteiger partial charge in [0, 0.05) is 13.6 Å². The lowest BCUT2D eigenvalue weighted by Gasteiger charge is -2.13. The average molecular weight is 315 g/mol. The highest BCUT2D eigenvalue weighted by Gasteiger charge is 2.32. The van der Waals surface area contributed by atoms with Gasteiger partial charge in [-0.1, -0.05) is 18.2 Å². The Hall–Kier alpha value is -2.65. The maximum absolute atomic E-state index is 12.8. The van der Waals surface area contributed by atoms with E-state index in [0.29, 0.717) is 0 Å². The average Bonchev–Trinajstić information content (AvgIpc) is 2.76. The fraction of sp³-hybridized carbons (Fsp3) is 0.333. The maximum atomic E-state index is 12.8. The normalized spacial score (nSPS) is 11.5. The van der Waals surface area contributed by atoms with Crippen molar-refractivity contribution in [1.82, 2.24) is 25.1 Å². The zero-order chi connectivity index (χ0) is 16.3. The first-order valence-corrected chi connectivity index (χ1v) is 6.17. The molecule has 0 bridgehead atoms. The molecular weight excluding hydrogens is 303 g/mol. The molecule has 0 aliphatic carbocycles. The first-order chi connectivity index (χ1) is 10.3. The summed E-state index contributed by atoms with van der Waals surface area (Å²) in [6.45, 7) is -0.718. The molecule has 0 atom stereocenters. The van der Waals surface area contributed by atoms with Crippen molar-refractivity contribution in [1.29, 1.82) is 0 Å². The van der Waals surface area contributed by atoms with Crippen molar-refractivity contribution < 1.29 is 18.0 Å². The number of halogens is 3. The first-order valence-electron chi connectivity index (χ1n) is 6.17. The van der Waals surface area contributed by atoms with Crippen LogP contribution in [0.1, 0.15) is 11.1 Å². The molecule has 22 heavy (non-hydrogen) atoms. The SMILES string of the molecule is Cn1nnn(CC(=O)NCc2ccccc2C(F)(F)F)c1=O. The van der Waals surface area contributed by atoms with Gasteiger partial charge in [-0.2, -0.15) is 22.5 Å². The molecule has 0 saturated heterocycles. The van der Waals surface area contributed by atoms with Gasteiger partial charge in [-0.25, -0.2) is 4.79 Å². The second kappa shape index (κ2) is 6.00. The molecule has 7 nitrogen and oxygen atoms in total. The second-order valence-electron chi connectivity index (χ2n) is 4.47. The Balaban J connectivity index is 2.03. The Morgan fingerprint density at radius 3 is 2.55 bits per heavy atom. The van der Waals surface area contributed by atoms with Crippen LogP contribution >= 0.6 is 0 Å². The van der Waals surface area contributed by atoms with Crippen LogP contribution in [0.25, 0.3) is 0 Å². The quantitative estimate of drug-likeness (QED) is 0.880. The number of carbonyl (C=O) groups is 1. The third kappa shape index (κ3) is 3.51. The van der Waals surface area contributed by atoms with Crippen molar-refractivity contribution in [3.05, 3.63) is 45.9 Å². The summed E-state index contributed by atoms with van der Waals surface area (Å²) in [5.74, 6) is -0.639. The molecule has 0 spiro atoms. The fourth-order valence-corrected chi connectivity index (χ4v) is 1.79. The number of tetrazole rings is 1. The Morgan fingerprint density at radius 2 is 1.95 bits per heavy atom. The number of hydrogen-bond donors (Lipinski definition) is 1. The minimum absolute atomic E-state index is 0.0603. The lowest BCUT2D eigenvalue weighted by molar-refractivity contribution is -0.138. The standard InChI is InChI=1S/C12H12F3N5O2/c1-19-11(22)20(18-17-19)7-10(21)16-6-8-4-2-3-5-9(8)12(13,14)15/h2-5H,6-7H2,1H3,(H,16,21). The van der Waals surface area contributed by atoms with Crippen LogP contribution in [0, 0.1) is 0 Å². The third-order valence-corrected chi connectivity index (χ3v) is 2.87. The van der Waals surface area contributed by atoms with Gasteiger partial charge in [0.2, 0.25) is 5.91 Å². The highest BCUT2D eigenvalue weighted by molar-refractivity contribution is 5.75. The third-order valence-electron chi connectivity index (χ3n) is 2.87. The molecule has 1 aromatic heterocycles. The van der Waals surface area contributed by atoms with E-state index in [2.05, 4.69) is 15.7 Å². The second-order valence-corrected chi connectivity index (χ2v) is 4.47.